The number of nitrogens with zero attached hydrogens (tertiary/aromatic N) is 1. The molecule has 1 N–H and O–H groups in total. The number of aliphatic hydroxyl groups excluding tert-OH is 1. The second kappa shape index (κ2) is 6.23. The zero-order chi connectivity index (χ0) is 15.4. The van der Waals surface area contributed by atoms with E-state index < -0.39 is 11.0 Å². The fourth-order valence-electron chi connectivity index (χ4n) is 1.80. The molecule has 2 aromatic carbocycles. The Morgan fingerprint density at radius 2 is 1.81 bits per heavy atom. The highest BCUT2D eigenvalue weighted by Crippen LogP contribution is 2.34. The van der Waals surface area contributed by atoms with E-state index in [1.165, 1.54) is 25.3 Å². The van der Waals surface area contributed by atoms with Crippen molar-refractivity contribution in [2.75, 3.05) is 7.11 Å². The lowest BCUT2D eigenvalue weighted by Crippen LogP contribution is -1.94. The minimum absolute atomic E-state index is 0.0774. The van der Waals surface area contributed by atoms with Crippen LogP contribution in [0.1, 0.15) is 18.6 Å². The Hall–Kier alpha value is -2.60. The molecule has 21 heavy (non-hydrogen) atoms. The van der Waals surface area contributed by atoms with E-state index in [0.29, 0.717) is 11.5 Å². The zero-order valence-electron chi connectivity index (χ0n) is 11.6. The highest BCUT2D eigenvalue weighted by molar-refractivity contribution is 5.50. The van der Waals surface area contributed by atoms with Crippen molar-refractivity contribution < 1.29 is 19.5 Å². The zero-order valence-corrected chi connectivity index (χ0v) is 11.6. The molecule has 0 amide bonds. The maximum atomic E-state index is 10.8. The average Bonchev–Trinajstić information content (AvgIpc) is 2.47. The predicted molar refractivity (Wildman–Crippen MR) is 76.8 cm³/mol. The molecular weight excluding hydrogens is 274 g/mol. The molecule has 0 fully saturated rings. The molecule has 0 heterocycles. The van der Waals surface area contributed by atoms with E-state index in [1.54, 1.807) is 31.2 Å². The van der Waals surface area contributed by atoms with Crippen LogP contribution in [0.5, 0.6) is 17.2 Å². The molecular formula is C15H15NO5. The molecule has 0 unspecified atom stereocenters. The van der Waals surface area contributed by atoms with Gasteiger partial charge in [-0.1, -0.05) is 12.1 Å². The first-order valence-electron chi connectivity index (χ1n) is 6.29. The molecule has 6 nitrogen and oxygen atoms in total. The number of nitro groups is 1. The molecule has 0 aromatic heterocycles. The van der Waals surface area contributed by atoms with Gasteiger partial charge in [-0.05, 0) is 30.7 Å². The summed E-state index contributed by atoms with van der Waals surface area (Å²) in [7, 11) is 1.46. The monoisotopic (exact) mass is 289 g/mol. The Labute approximate surface area is 121 Å². The molecule has 1 atom stereocenters. The van der Waals surface area contributed by atoms with Crippen LogP contribution < -0.4 is 9.47 Å². The summed E-state index contributed by atoms with van der Waals surface area (Å²) in [4.78, 5) is 10.3. The Balaban J connectivity index is 2.29. The summed E-state index contributed by atoms with van der Waals surface area (Å²) in [6.07, 6.45) is -0.564. The molecule has 2 rings (SSSR count). The summed E-state index contributed by atoms with van der Waals surface area (Å²) < 4.78 is 10.7. The number of methoxy groups -OCH3 is 1. The predicted octanol–water partition coefficient (Wildman–Crippen LogP) is 3.45. The Morgan fingerprint density at radius 1 is 1.14 bits per heavy atom. The lowest BCUT2D eigenvalue weighted by Gasteiger charge is -2.11. The molecule has 0 spiro atoms. The highest BCUT2D eigenvalue weighted by atomic mass is 16.6. The lowest BCUT2D eigenvalue weighted by atomic mass is 10.1. The quantitative estimate of drug-likeness (QED) is 0.673. The molecule has 6 heteroatoms. The van der Waals surface area contributed by atoms with E-state index >= 15 is 0 Å². The van der Waals surface area contributed by atoms with Crippen molar-refractivity contribution >= 4 is 5.69 Å². The van der Waals surface area contributed by atoms with E-state index in [1.807, 2.05) is 0 Å². The topological polar surface area (TPSA) is 81.8 Å². The third-order valence-corrected chi connectivity index (χ3v) is 2.95. The molecule has 2 aromatic rings. The number of aliphatic hydroxyl groups is 1. The van der Waals surface area contributed by atoms with Gasteiger partial charge in [-0.2, -0.15) is 0 Å². The summed E-state index contributed by atoms with van der Waals surface area (Å²) in [5.74, 6) is 1.16. The number of ether oxygens (including phenoxy) is 2. The van der Waals surface area contributed by atoms with Gasteiger partial charge in [0.05, 0.1) is 24.2 Å². The molecule has 0 saturated carbocycles. The van der Waals surface area contributed by atoms with Crippen molar-refractivity contribution in [1.29, 1.82) is 0 Å². The van der Waals surface area contributed by atoms with Crippen LogP contribution in [0.4, 0.5) is 5.69 Å². The molecule has 110 valence electrons. The first-order valence-corrected chi connectivity index (χ1v) is 6.29. The maximum Gasteiger partial charge on any atom is 0.273 e. The van der Waals surface area contributed by atoms with Gasteiger partial charge in [0.1, 0.15) is 5.75 Å². The Bertz CT molecular complexity index is 637. The summed E-state index contributed by atoms with van der Waals surface area (Å²) >= 11 is 0. The number of rotatable bonds is 5. The van der Waals surface area contributed by atoms with E-state index in [4.69, 9.17) is 9.47 Å². The second-order valence-corrected chi connectivity index (χ2v) is 4.44. The fraction of sp³-hybridized carbons (Fsp3) is 0.200. The van der Waals surface area contributed by atoms with Crippen molar-refractivity contribution in [2.45, 2.75) is 13.0 Å². The number of benzene rings is 2. The third-order valence-electron chi connectivity index (χ3n) is 2.95. The van der Waals surface area contributed by atoms with Crippen molar-refractivity contribution in [3.63, 3.8) is 0 Å². The molecule has 0 aliphatic heterocycles. The summed E-state index contributed by atoms with van der Waals surface area (Å²) in [5, 5.41) is 20.3. The minimum Gasteiger partial charge on any atom is -0.493 e. The van der Waals surface area contributed by atoms with E-state index in [-0.39, 0.29) is 11.4 Å². The fourth-order valence-corrected chi connectivity index (χ4v) is 1.80. The SMILES string of the molecule is COc1ccc([N+](=O)[O-])cc1Oc1ccc([C@@H](C)O)cc1. The second-order valence-electron chi connectivity index (χ2n) is 4.44. The van der Waals surface area contributed by atoms with Crippen LogP contribution in [0.25, 0.3) is 0 Å². The number of non-ortho nitro benzene ring substituents is 1. The van der Waals surface area contributed by atoms with Gasteiger partial charge in [0, 0.05) is 6.07 Å². The minimum atomic E-state index is -0.564. The Kier molecular flexibility index (Phi) is 4.39. The largest absolute Gasteiger partial charge is 0.493 e. The molecule has 0 radical (unpaired) electrons. The van der Waals surface area contributed by atoms with Gasteiger partial charge in [-0.25, -0.2) is 0 Å². The highest BCUT2D eigenvalue weighted by Gasteiger charge is 2.13. The van der Waals surface area contributed by atoms with Crippen molar-refractivity contribution in [2.24, 2.45) is 0 Å². The van der Waals surface area contributed by atoms with Crippen LogP contribution >= 0.6 is 0 Å². The first-order chi connectivity index (χ1) is 10.0. The van der Waals surface area contributed by atoms with E-state index in [2.05, 4.69) is 0 Å². The number of hydrogen-bond acceptors (Lipinski definition) is 5. The van der Waals surface area contributed by atoms with Gasteiger partial charge >= 0.3 is 0 Å². The van der Waals surface area contributed by atoms with Gasteiger partial charge in [0.25, 0.3) is 5.69 Å². The van der Waals surface area contributed by atoms with Gasteiger partial charge in [-0.3, -0.25) is 10.1 Å². The van der Waals surface area contributed by atoms with Crippen LogP contribution in [-0.4, -0.2) is 17.1 Å². The van der Waals surface area contributed by atoms with Gasteiger partial charge in [0.15, 0.2) is 11.5 Å². The van der Waals surface area contributed by atoms with Gasteiger partial charge in [0.2, 0.25) is 0 Å². The van der Waals surface area contributed by atoms with E-state index in [9.17, 15) is 15.2 Å². The number of hydrogen-bond donors (Lipinski definition) is 1. The third kappa shape index (κ3) is 3.49. The molecule has 0 saturated heterocycles. The van der Waals surface area contributed by atoms with Crippen LogP contribution in [0.15, 0.2) is 42.5 Å². The Morgan fingerprint density at radius 3 is 2.33 bits per heavy atom. The molecule has 0 aliphatic carbocycles. The molecule has 0 aliphatic rings. The van der Waals surface area contributed by atoms with Crippen molar-refractivity contribution in [1.82, 2.24) is 0 Å². The van der Waals surface area contributed by atoms with Crippen LogP contribution in [0, 0.1) is 10.1 Å². The summed E-state index contributed by atoms with van der Waals surface area (Å²) in [6, 6.07) is 11.0. The van der Waals surface area contributed by atoms with Crippen LogP contribution in [-0.2, 0) is 0 Å². The number of nitro benzene ring substituents is 1. The van der Waals surface area contributed by atoms with Crippen LogP contribution in [0.2, 0.25) is 0 Å². The normalized spacial score (nSPS) is 11.8. The van der Waals surface area contributed by atoms with Crippen LogP contribution in [0.3, 0.4) is 0 Å². The van der Waals surface area contributed by atoms with Crippen molar-refractivity contribution in [3.05, 3.63) is 58.1 Å². The first kappa shape index (κ1) is 14.8. The smallest absolute Gasteiger partial charge is 0.273 e. The summed E-state index contributed by atoms with van der Waals surface area (Å²) in [5.41, 5.74) is 0.680. The van der Waals surface area contributed by atoms with Crippen molar-refractivity contribution in [3.8, 4) is 17.2 Å². The summed E-state index contributed by atoms with van der Waals surface area (Å²) in [6.45, 7) is 1.67. The van der Waals surface area contributed by atoms with E-state index in [0.717, 1.165) is 5.56 Å². The average molecular weight is 289 g/mol. The standard InChI is InChI=1S/C15H15NO5/c1-10(17)11-3-6-13(7-4-11)21-15-9-12(16(18)19)5-8-14(15)20-2/h3-10,17H,1-2H3/t10-/m1/s1. The molecule has 0 bridgehead atoms. The van der Waals surface area contributed by atoms with Gasteiger partial charge in [-0.15, -0.1) is 0 Å². The van der Waals surface area contributed by atoms with Gasteiger partial charge < -0.3 is 14.6 Å². The maximum absolute atomic E-state index is 10.8. The lowest BCUT2D eigenvalue weighted by molar-refractivity contribution is -0.384.